The summed E-state index contributed by atoms with van der Waals surface area (Å²) in [4.78, 5) is 25.7. The molecule has 1 fully saturated rings. The molecule has 1 aliphatic heterocycles. The number of methoxy groups -OCH3 is 1. The van der Waals surface area contributed by atoms with Crippen LogP contribution < -0.4 is 0 Å². The Bertz CT molecular complexity index is 675. The van der Waals surface area contributed by atoms with Crippen molar-refractivity contribution in [3.63, 3.8) is 0 Å². The van der Waals surface area contributed by atoms with E-state index in [0.29, 0.717) is 19.5 Å². The minimum Gasteiger partial charge on any atom is -0.469 e. The van der Waals surface area contributed by atoms with E-state index in [9.17, 15) is 14.0 Å². The maximum Gasteiger partial charge on any atom is 0.410 e. The predicted octanol–water partition coefficient (Wildman–Crippen LogP) is 4.29. The number of hydrogen-bond donors (Lipinski definition) is 0. The summed E-state index contributed by atoms with van der Waals surface area (Å²) in [6, 6.07) is 4.78. The van der Waals surface area contributed by atoms with Crippen molar-refractivity contribution in [1.82, 2.24) is 4.90 Å². The highest BCUT2D eigenvalue weighted by molar-refractivity contribution is 5.72. The topological polar surface area (TPSA) is 55.8 Å². The van der Waals surface area contributed by atoms with Gasteiger partial charge in [-0.25, -0.2) is 9.18 Å². The number of rotatable bonds is 4. The van der Waals surface area contributed by atoms with Crippen LogP contribution in [0.5, 0.6) is 0 Å². The van der Waals surface area contributed by atoms with Gasteiger partial charge in [0.15, 0.2) is 0 Å². The third-order valence-corrected chi connectivity index (χ3v) is 4.82. The summed E-state index contributed by atoms with van der Waals surface area (Å²) < 4.78 is 24.0. The molecule has 1 amide bonds. The molecule has 6 heteroatoms. The number of likely N-dealkylation sites (tertiary alicyclic amines) is 1. The van der Waals surface area contributed by atoms with Gasteiger partial charge in [-0.1, -0.05) is 13.0 Å². The molecule has 0 radical (unpaired) electrons. The van der Waals surface area contributed by atoms with Gasteiger partial charge < -0.3 is 14.4 Å². The molecular formula is C21H30FNO4. The number of carbonyl (C=O) groups excluding carboxylic acids is 2. The number of benzene rings is 1. The fourth-order valence-corrected chi connectivity index (χ4v) is 3.46. The highest BCUT2D eigenvalue weighted by atomic mass is 19.1. The normalized spacial score (nSPS) is 16.7. The Kier molecular flexibility index (Phi) is 6.84. The molecule has 0 saturated carbocycles. The maximum atomic E-state index is 13.8. The van der Waals surface area contributed by atoms with Gasteiger partial charge in [-0.3, -0.25) is 4.79 Å². The number of ether oxygens (including phenoxy) is 2. The molecule has 1 saturated heterocycles. The van der Waals surface area contributed by atoms with Crippen molar-refractivity contribution in [1.29, 1.82) is 0 Å². The molecule has 1 aromatic carbocycles. The van der Waals surface area contributed by atoms with Crippen LogP contribution in [0.25, 0.3) is 0 Å². The van der Waals surface area contributed by atoms with Gasteiger partial charge in [-0.2, -0.15) is 0 Å². The summed E-state index contributed by atoms with van der Waals surface area (Å²) in [5.41, 5.74) is 1.38. The van der Waals surface area contributed by atoms with Crippen LogP contribution >= 0.6 is 0 Å². The van der Waals surface area contributed by atoms with E-state index in [1.807, 2.05) is 26.8 Å². The van der Waals surface area contributed by atoms with Crippen molar-refractivity contribution in [2.24, 2.45) is 5.92 Å². The third kappa shape index (κ3) is 5.94. The Labute approximate surface area is 160 Å². The molecule has 27 heavy (non-hydrogen) atoms. The van der Waals surface area contributed by atoms with Gasteiger partial charge in [0.05, 0.1) is 13.0 Å². The number of carbonyl (C=O) groups is 2. The van der Waals surface area contributed by atoms with Crippen LogP contribution in [-0.4, -0.2) is 42.8 Å². The van der Waals surface area contributed by atoms with Crippen LogP contribution in [0.2, 0.25) is 0 Å². The molecule has 150 valence electrons. The first-order valence-corrected chi connectivity index (χ1v) is 9.44. The fraction of sp³-hybridized carbons (Fsp3) is 0.619. The number of nitrogens with zero attached hydrogens (tertiary/aromatic N) is 1. The second kappa shape index (κ2) is 8.72. The van der Waals surface area contributed by atoms with Crippen molar-refractivity contribution in [2.45, 2.75) is 58.5 Å². The lowest BCUT2D eigenvalue weighted by atomic mass is 9.84. The Morgan fingerprint density at radius 3 is 2.44 bits per heavy atom. The SMILES string of the molecule is COC(=O)C(C)Cc1cc(F)ccc1C1CCN(C(=O)OC(C)(C)C)CC1. The van der Waals surface area contributed by atoms with E-state index in [0.717, 1.165) is 24.0 Å². The lowest BCUT2D eigenvalue weighted by Gasteiger charge is -2.34. The molecular weight excluding hydrogens is 349 g/mol. The van der Waals surface area contributed by atoms with Gasteiger partial charge in [0.2, 0.25) is 0 Å². The molecule has 0 spiro atoms. The monoisotopic (exact) mass is 379 g/mol. The highest BCUT2D eigenvalue weighted by Gasteiger charge is 2.29. The average Bonchev–Trinajstić information content (AvgIpc) is 2.60. The zero-order valence-electron chi connectivity index (χ0n) is 16.9. The summed E-state index contributed by atoms with van der Waals surface area (Å²) >= 11 is 0. The molecule has 1 aliphatic rings. The van der Waals surface area contributed by atoms with E-state index in [1.54, 1.807) is 11.8 Å². The molecule has 5 nitrogen and oxygen atoms in total. The molecule has 1 unspecified atom stereocenters. The molecule has 2 rings (SSSR count). The minimum atomic E-state index is -0.512. The lowest BCUT2D eigenvalue weighted by Crippen LogP contribution is -2.41. The van der Waals surface area contributed by atoms with Crippen LogP contribution in [-0.2, 0) is 20.7 Å². The summed E-state index contributed by atoms with van der Waals surface area (Å²) in [6.07, 6.45) is 1.71. The van der Waals surface area contributed by atoms with Crippen molar-refractivity contribution in [3.05, 3.63) is 35.1 Å². The second-order valence-electron chi connectivity index (χ2n) is 8.21. The van der Waals surface area contributed by atoms with Gasteiger partial charge in [0, 0.05) is 13.1 Å². The van der Waals surface area contributed by atoms with Gasteiger partial charge >= 0.3 is 12.1 Å². The Hall–Kier alpha value is -2.11. The molecule has 0 aliphatic carbocycles. The zero-order valence-corrected chi connectivity index (χ0v) is 16.9. The van der Waals surface area contributed by atoms with Crippen molar-refractivity contribution >= 4 is 12.1 Å². The summed E-state index contributed by atoms with van der Waals surface area (Å²) in [6.45, 7) is 8.54. The van der Waals surface area contributed by atoms with Crippen LogP contribution in [0, 0.1) is 11.7 Å². The van der Waals surface area contributed by atoms with Gasteiger partial charge in [0.1, 0.15) is 11.4 Å². The van der Waals surface area contributed by atoms with Gasteiger partial charge in [-0.15, -0.1) is 0 Å². The average molecular weight is 379 g/mol. The van der Waals surface area contributed by atoms with E-state index < -0.39 is 5.60 Å². The summed E-state index contributed by atoms with van der Waals surface area (Å²) in [7, 11) is 1.36. The quantitative estimate of drug-likeness (QED) is 0.732. The summed E-state index contributed by atoms with van der Waals surface area (Å²) in [5, 5.41) is 0. The predicted molar refractivity (Wildman–Crippen MR) is 101 cm³/mol. The van der Waals surface area contributed by atoms with E-state index >= 15 is 0 Å². The van der Waals surface area contributed by atoms with Gasteiger partial charge in [0.25, 0.3) is 0 Å². The third-order valence-electron chi connectivity index (χ3n) is 4.82. The fourth-order valence-electron chi connectivity index (χ4n) is 3.46. The van der Waals surface area contributed by atoms with Crippen molar-refractivity contribution in [2.75, 3.05) is 20.2 Å². The Balaban J connectivity index is 2.07. The molecule has 1 heterocycles. The largest absolute Gasteiger partial charge is 0.469 e. The van der Waals surface area contributed by atoms with Crippen LogP contribution in [0.1, 0.15) is 57.6 Å². The first-order chi connectivity index (χ1) is 12.6. The van der Waals surface area contributed by atoms with Crippen LogP contribution in [0.4, 0.5) is 9.18 Å². The first kappa shape index (κ1) is 21.2. The minimum absolute atomic E-state index is 0.226. The lowest BCUT2D eigenvalue weighted by molar-refractivity contribution is -0.144. The molecule has 1 atom stereocenters. The highest BCUT2D eigenvalue weighted by Crippen LogP contribution is 2.32. The van der Waals surface area contributed by atoms with E-state index in [2.05, 4.69) is 0 Å². The molecule has 0 aromatic heterocycles. The van der Waals surface area contributed by atoms with Crippen LogP contribution in [0.15, 0.2) is 18.2 Å². The standard InChI is InChI=1S/C21H30FNO4/c1-14(19(24)26-5)12-16-13-17(22)6-7-18(16)15-8-10-23(11-9-15)20(25)27-21(2,3)4/h6-7,13-15H,8-12H2,1-5H3. The number of piperidine rings is 1. The summed E-state index contributed by atoms with van der Waals surface area (Å²) in [5.74, 6) is -0.719. The van der Waals surface area contributed by atoms with E-state index in [4.69, 9.17) is 9.47 Å². The Morgan fingerprint density at radius 2 is 1.89 bits per heavy atom. The Morgan fingerprint density at radius 1 is 1.26 bits per heavy atom. The molecule has 0 bridgehead atoms. The molecule has 1 aromatic rings. The number of esters is 1. The molecule has 0 N–H and O–H groups in total. The number of halogens is 1. The van der Waals surface area contributed by atoms with Crippen LogP contribution in [0.3, 0.4) is 0 Å². The number of hydrogen-bond acceptors (Lipinski definition) is 4. The van der Waals surface area contributed by atoms with Crippen molar-refractivity contribution in [3.8, 4) is 0 Å². The first-order valence-electron chi connectivity index (χ1n) is 9.44. The number of amides is 1. The van der Waals surface area contributed by atoms with E-state index in [-0.39, 0.29) is 29.7 Å². The van der Waals surface area contributed by atoms with Crippen molar-refractivity contribution < 1.29 is 23.5 Å². The maximum absolute atomic E-state index is 13.8. The van der Waals surface area contributed by atoms with E-state index in [1.165, 1.54) is 19.2 Å². The zero-order chi connectivity index (χ0) is 20.2. The smallest absolute Gasteiger partial charge is 0.410 e. The van der Waals surface area contributed by atoms with Gasteiger partial charge in [-0.05, 0) is 69.2 Å². The second-order valence-corrected chi connectivity index (χ2v) is 8.21.